The Balaban J connectivity index is 2.26. The first-order valence-electron chi connectivity index (χ1n) is 6.31. The summed E-state index contributed by atoms with van der Waals surface area (Å²) in [6.07, 6.45) is 0.308. The second-order valence-electron chi connectivity index (χ2n) is 4.55. The molecule has 0 saturated carbocycles. The molecule has 0 unspecified atom stereocenters. The molecule has 102 valence electrons. The summed E-state index contributed by atoms with van der Waals surface area (Å²) >= 11 is 0. The quantitative estimate of drug-likeness (QED) is 0.833. The van der Waals surface area contributed by atoms with Gasteiger partial charge in [-0.1, -0.05) is 0 Å². The van der Waals surface area contributed by atoms with E-state index >= 15 is 0 Å². The highest BCUT2D eigenvalue weighted by Crippen LogP contribution is 2.26. The van der Waals surface area contributed by atoms with E-state index in [1.54, 1.807) is 7.11 Å². The summed E-state index contributed by atoms with van der Waals surface area (Å²) in [6, 6.07) is 13.6. The molecule has 2 aromatic rings. The van der Waals surface area contributed by atoms with Gasteiger partial charge in [-0.3, -0.25) is 0 Å². The van der Waals surface area contributed by atoms with Crippen LogP contribution in [0.3, 0.4) is 0 Å². The lowest BCUT2D eigenvalue weighted by Gasteiger charge is -2.12. The van der Waals surface area contributed by atoms with Crippen molar-refractivity contribution >= 4 is 17.1 Å². The van der Waals surface area contributed by atoms with Crippen molar-refractivity contribution in [3.8, 4) is 11.8 Å². The molecule has 0 bridgehead atoms. The number of nitrogens with one attached hydrogen (secondary N) is 1. The Morgan fingerprint density at radius 1 is 1.25 bits per heavy atom. The lowest BCUT2D eigenvalue weighted by molar-refractivity contribution is 0.414. The molecule has 20 heavy (non-hydrogen) atoms. The Labute approximate surface area is 118 Å². The summed E-state index contributed by atoms with van der Waals surface area (Å²) in [6.45, 7) is 2.01. The van der Waals surface area contributed by atoms with Crippen LogP contribution in [-0.4, -0.2) is 7.11 Å². The van der Waals surface area contributed by atoms with Gasteiger partial charge in [0.25, 0.3) is 0 Å². The molecule has 0 heterocycles. The van der Waals surface area contributed by atoms with E-state index in [1.807, 2.05) is 43.3 Å². The van der Waals surface area contributed by atoms with Crippen LogP contribution in [0, 0.1) is 18.3 Å². The van der Waals surface area contributed by atoms with Gasteiger partial charge >= 0.3 is 0 Å². The summed E-state index contributed by atoms with van der Waals surface area (Å²) in [7, 11) is 1.65. The van der Waals surface area contributed by atoms with Gasteiger partial charge in [-0.15, -0.1) is 0 Å². The van der Waals surface area contributed by atoms with Crippen LogP contribution in [-0.2, 0) is 6.42 Å². The van der Waals surface area contributed by atoms with Gasteiger partial charge in [-0.2, -0.15) is 5.26 Å². The van der Waals surface area contributed by atoms with E-state index in [-0.39, 0.29) is 0 Å². The van der Waals surface area contributed by atoms with E-state index in [4.69, 9.17) is 15.7 Å². The van der Waals surface area contributed by atoms with Crippen LogP contribution in [0.1, 0.15) is 11.1 Å². The van der Waals surface area contributed by atoms with Crippen LogP contribution in [0.2, 0.25) is 0 Å². The van der Waals surface area contributed by atoms with Gasteiger partial charge in [-0.05, 0) is 54.4 Å². The van der Waals surface area contributed by atoms with E-state index in [0.29, 0.717) is 12.1 Å². The van der Waals surface area contributed by atoms with E-state index in [0.717, 1.165) is 28.3 Å². The number of nitrogens with zero attached hydrogens (tertiary/aromatic N) is 1. The maximum Gasteiger partial charge on any atom is 0.119 e. The lowest BCUT2D eigenvalue weighted by Crippen LogP contribution is -1.98. The average Bonchev–Trinajstić information content (AvgIpc) is 2.45. The molecule has 0 atom stereocenters. The van der Waals surface area contributed by atoms with Gasteiger partial charge in [0.2, 0.25) is 0 Å². The SMILES string of the molecule is COc1ccc(Nc2ccc(N)c(CC#N)c2)c(C)c1. The molecule has 2 rings (SSSR count). The van der Waals surface area contributed by atoms with Crippen molar-refractivity contribution in [3.05, 3.63) is 47.5 Å². The number of nitrogens with two attached hydrogens (primary N) is 1. The third-order valence-corrected chi connectivity index (χ3v) is 3.13. The number of anilines is 3. The molecular weight excluding hydrogens is 250 g/mol. The number of benzene rings is 2. The molecule has 0 aliphatic heterocycles. The maximum atomic E-state index is 8.79. The molecule has 0 amide bonds. The minimum absolute atomic E-state index is 0.308. The third-order valence-electron chi connectivity index (χ3n) is 3.13. The summed E-state index contributed by atoms with van der Waals surface area (Å²) in [5.41, 5.74) is 10.3. The molecule has 2 aromatic carbocycles. The molecule has 0 aliphatic carbocycles. The first-order valence-corrected chi connectivity index (χ1v) is 6.31. The van der Waals surface area contributed by atoms with Gasteiger partial charge in [0, 0.05) is 17.1 Å². The fraction of sp³-hybridized carbons (Fsp3) is 0.188. The zero-order valence-electron chi connectivity index (χ0n) is 11.6. The van der Waals surface area contributed by atoms with Crippen molar-refractivity contribution in [3.63, 3.8) is 0 Å². The highest BCUT2D eigenvalue weighted by Gasteiger charge is 2.04. The molecule has 4 heteroatoms. The van der Waals surface area contributed by atoms with Crippen molar-refractivity contribution in [2.45, 2.75) is 13.3 Å². The van der Waals surface area contributed by atoms with Crippen LogP contribution < -0.4 is 15.8 Å². The summed E-state index contributed by atoms with van der Waals surface area (Å²) in [5.74, 6) is 0.829. The first kappa shape index (κ1) is 13.8. The second-order valence-corrected chi connectivity index (χ2v) is 4.55. The summed E-state index contributed by atoms with van der Waals surface area (Å²) in [4.78, 5) is 0. The average molecular weight is 267 g/mol. The van der Waals surface area contributed by atoms with Crippen LogP contribution in [0.25, 0.3) is 0 Å². The largest absolute Gasteiger partial charge is 0.497 e. The van der Waals surface area contributed by atoms with Crippen molar-refractivity contribution in [1.82, 2.24) is 0 Å². The normalized spacial score (nSPS) is 9.85. The molecule has 0 fully saturated rings. The number of nitrogen functional groups attached to an aromatic ring is 1. The smallest absolute Gasteiger partial charge is 0.119 e. The van der Waals surface area contributed by atoms with Crippen molar-refractivity contribution in [1.29, 1.82) is 5.26 Å². The van der Waals surface area contributed by atoms with Crippen molar-refractivity contribution in [2.75, 3.05) is 18.2 Å². The molecule has 3 N–H and O–H groups in total. The first-order chi connectivity index (χ1) is 9.63. The third kappa shape index (κ3) is 3.01. The summed E-state index contributed by atoms with van der Waals surface area (Å²) in [5, 5.41) is 12.1. The molecule has 0 aromatic heterocycles. The Morgan fingerprint density at radius 2 is 2.05 bits per heavy atom. The Bertz CT molecular complexity index is 659. The molecule has 0 saturated heterocycles. The minimum Gasteiger partial charge on any atom is -0.497 e. The molecule has 0 aliphatic rings. The number of hydrogen-bond acceptors (Lipinski definition) is 4. The highest BCUT2D eigenvalue weighted by atomic mass is 16.5. The molecule has 0 radical (unpaired) electrons. The maximum absolute atomic E-state index is 8.79. The second kappa shape index (κ2) is 5.98. The van der Waals surface area contributed by atoms with Crippen molar-refractivity contribution < 1.29 is 4.74 Å². The van der Waals surface area contributed by atoms with E-state index in [9.17, 15) is 0 Å². The van der Waals surface area contributed by atoms with Gasteiger partial charge in [-0.25, -0.2) is 0 Å². The Morgan fingerprint density at radius 3 is 2.70 bits per heavy atom. The topological polar surface area (TPSA) is 71.1 Å². The van der Waals surface area contributed by atoms with E-state index in [1.165, 1.54) is 0 Å². The Kier molecular flexibility index (Phi) is 4.11. The number of ether oxygens (including phenoxy) is 1. The van der Waals surface area contributed by atoms with E-state index < -0.39 is 0 Å². The lowest BCUT2D eigenvalue weighted by atomic mass is 10.1. The number of aryl methyl sites for hydroxylation is 1. The predicted octanol–water partition coefficient (Wildman–Crippen LogP) is 3.40. The fourth-order valence-corrected chi connectivity index (χ4v) is 1.98. The van der Waals surface area contributed by atoms with Gasteiger partial charge in [0.05, 0.1) is 19.6 Å². The van der Waals surface area contributed by atoms with Gasteiger partial charge in [0.1, 0.15) is 5.75 Å². The zero-order valence-corrected chi connectivity index (χ0v) is 11.6. The van der Waals surface area contributed by atoms with Crippen LogP contribution >= 0.6 is 0 Å². The van der Waals surface area contributed by atoms with Gasteiger partial charge < -0.3 is 15.8 Å². The van der Waals surface area contributed by atoms with Crippen LogP contribution in [0.15, 0.2) is 36.4 Å². The predicted molar refractivity (Wildman–Crippen MR) is 81.2 cm³/mol. The zero-order chi connectivity index (χ0) is 14.5. The molecule has 4 nitrogen and oxygen atoms in total. The van der Waals surface area contributed by atoms with E-state index in [2.05, 4.69) is 11.4 Å². The van der Waals surface area contributed by atoms with Crippen molar-refractivity contribution in [2.24, 2.45) is 0 Å². The minimum atomic E-state index is 0.308. The monoisotopic (exact) mass is 267 g/mol. The van der Waals surface area contributed by atoms with Gasteiger partial charge in [0.15, 0.2) is 0 Å². The standard InChI is InChI=1S/C16H17N3O/c1-11-9-14(20-2)4-6-16(11)19-13-3-5-15(18)12(10-13)7-8-17/h3-6,9-10,19H,7,18H2,1-2H3. The summed E-state index contributed by atoms with van der Waals surface area (Å²) < 4.78 is 5.19. The fourth-order valence-electron chi connectivity index (χ4n) is 1.98. The Hall–Kier alpha value is -2.67. The van der Waals surface area contributed by atoms with Crippen LogP contribution in [0.5, 0.6) is 5.75 Å². The van der Waals surface area contributed by atoms with Crippen LogP contribution in [0.4, 0.5) is 17.1 Å². The number of rotatable bonds is 4. The molecular formula is C16H17N3O. The number of nitriles is 1. The highest BCUT2D eigenvalue weighted by molar-refractivity contribution is 5.67. The number of hydrogen-bond donors (Lipinski definition) is 2. The number of methoxy groups -OCH3 is 1. The molecule has 0 spiro atoms.